The van der Waals surface area contributed by atoms with Crippen molar-refractivity contribution in [3.05, 3.63) is 106 Å². The lowest BCUT2D eigenvalue weighted by atomic mass is 9.78. The van der Waals surface area contributed by atoms with Crippen LogP contribution in [0.4, 0.5) is 17.6 Å². The predicted octanol–water partition coefficient (Wildman–Crippen LogP) is 7.35. The van der Waals surface area contributed by atoms with Gasteiger partial charge in [0.1, 0.15) is 5.82 Å². The van der Waals surface area contributed by atoms with E-state index in [2.05, 4.69) is 0 Å². The van der Waals surface area contributed by atoms with Crippen LogP contribution in [0.15, 0.2) is 72.8 Å². The molecule has 0 radical (unpaired) electrons. The molecule has 3 rings (SSSR count). The molecular formula is C30H33F4NO2. The highest BCUT2D eigenvalue weighted by atomic mass is 19.4. The summed E-state index contributed by atoms with van der Waals surface area (Å²) < 4.78 is 59.6. The van der Waals surface area contributed by atoms with Gasteiger partial charge in [-0.05, 0) is 73.1 Å². The molecule has 1 unspecified atom stereocenters. The first-order valence-corrected chi connectivity index (χ1v) is 12.6. The third-order valence-electron chi connectivity index (χ3n) is 6.41. The smallest absolute Gasteiger partial charge is 0.416 e. The number of unbranched alkanes of at least 4 members (excludes halogenated alkanes) is 3. The molecule has 0 saturated carbocycles. The molecule has 198 valence electrons. The van der Waals surface area contributed by atoms with Gasteiger partial charge in [0.25, 0.3) is 0 Å². The Morgan fingerprint density at radius 2 is 1.49 bits per heavy atom. The minimum Gasteiger partial charge on any atom is -0.466 e. The topological polar surface area (TPSA) is 52.3 Å². The minimum absolute atomic E-state index is 0.0676. The largest absolute Gasteiger partial charge is 0.466 e. The second-order valence-electron chi connectivity index (χ2n) is 9.28. The molecule has 0 saturated heterocycles. The van der Waals surface area contributed by atoms with Gasteiger partial charge in [-0.25, -0.2) is 4.39 Å². The summed E-state index contributed by atoms with van der Waals surface area (Å²) in [6.07, 6.45) is 0.399. The summed E-state index contributed by atoms with van der Waals surface area (Å²) >= 11 is 0. The third kappa shape index (κ3) is 8.15. The van der Waals surface area contributed by atoms with Crippen molar-refractivity contribution < 1.29 is 27.1 Å². The Kier molecular flexibility index (Phi) is 9.86. The van der Waals surface area contributed by atoms with E-state index in [0.717, 1.165) is 55.4 Å². The predicted molar refractivity (Wildman–Crippen MR) is 136 cm³/mol. The fourth-order valence-corrected chi connectivity index (χ4v) is 4.52. The highest BCUT2D eigenvalue weighted by molar-refractivity contribution is 5.69. The second kappa shape index (κ2) is 12.9. The van der Waals surface area contributed by atoms with Crippen molar-refractivity contribution in [3.63, 3.8) is 0 Å². The normalized spacial score (nSPS) is 13.2. The summed E-state index contributed by atoms with van der Waals surface area (Å²) in [5.41, 5.74) is 7.01. The lowest BCUT2D eigenvalue weighted by molar-refractivity contribution is -0.143. The Balaban J connectivity index is 1.76. The number of carbonyl (C=O) groups is 1. The first-order valence-electron chi connectivity index (χ1n) is 12.6. The third-order valence-corrected chi connectivity index (χ3v) is 6.41. The second-order valence-corrected chi connectivity index (χ2v) is 9.28. The minimum atomic E-state index is -4.69. The van der Waals surface area contributed by atoms with Crippen LogP contribution in [0.25, 0.3) is 0 Å². The molecule has 37 heavy (non-hydrogen) atoms. The van der Waals surface area contributed by atoms with Gasteiger partial charge in [-0.2, -0.15) is 13.2 Å². The number of ether oxygens (including phenoxy) is 1. The zero-order valence-corrected chi connectivity index (χ0v) is 21.0. The van der Waals surface area contributed by atoms with Crippen LogP contribution >= 0.6 is 0 Å². The molecule has 0 aliphatic rings. The first-order chi connectivity index (χ1) is 17.6. The van der Waals surface area contributed by atoms with Gasteiger partial charge in [-0.3, -0.25) is 4.79 Å². The number of alkyl halides is 3. The average Bonchev–Trinajstić information content (AvgIpc) is 2.86. The highest BCUT2D eigenvalue weighted by Gasteiger charge is 2.36. The number of benzene rings is 3. The molecule has 2 N–H and O–H groups in total. The summed E-state index contributed by atoms with van der Waals surface area (Å²) in [5, 5.41) is 0. The van der Waals surface area contributed by atoms with Crippen molar-refractivity contribution in [2.45, 2.75) is 63.6 Å². The molecule has 0 aromatic heterocycles. The zero-order chi connectivity index (χ0) is 26.9. The molecule has 0 aliphatic heterocycles. The maximum Gasteiger partial charge on any atom is 0.416 e. The van der Waals surface area contributed by atoms with Crippen LogP contribution in [0.2, 0.25) is 0 Å². The van der Waals surface area contributed by atoms with Crippen molar-refractivity contribution in [2.75, 3.05) is 6.61 Å². The van der Waals surface area contributed by atoms with Crippen LogP contribution in [-0.2, 0) is 34.1 Å². The number of halogens is 4. The number of aryl methyl sites for hydroxylation is 1. The number of hydrogen-bond acceptors (Lipinski definition) is 3. The number of nitrogens with two attached hydrogens (primary N) is 1. The van der Waals surface area contributed by atoms with Gasteiger partial charge in [0.2, 0.25) is 0 Å². The summed E-state index contributed by atoms with van der Waals surface area (Å²) in [6, 6.07) is 19.1. The fourth-order valence-electron chi connectivity index (χ4n) is 4.52. The van der Waals surface area contributed by atoms with Crippen molar-refractivity contribution in [1.29, 1.82) is 0 Å². The molecular weight excluding hydrogens is 482 g/mol. The molecule has 0 fully saturated rings. The number of hydrogen-bond donors (Lipinski definition) is 1. The Morgan fingerprint density at radius 1 is 0.811 bits per heavy atom. The lowest BCUT2D eigenvalue weighted by Gasteiger charge is -2.32. The van der Waals surface area contributed by atoms with Crippen LogP contribution in [0, 0.1) is 5.82 Å². The van der Waals surface area contributed by atoms with Crippen LogP contribution in [0.5, 0.6) is 0 Å². The Hall–Kier alpha value is -3.19. The van der Waals surface area contributed by atoms with E-state index in [1.165, 1.54) is 0 Å². The monoisotopic (exact) mass is 515 g/mol. The van der Waals surface area contributed by atoms with Crippen molar-refractivity contribution in [1.82, 2.24) is 0 Å². The summed E-state index contributed by atoms with van der Waals surface area (Å²) in [5.74, 6) is -1.15. The molecule has 0 bridgehead atoms. The molecule has 0 spiro atoms. The lowest BCUT2D eigenvalue weighted by Crippen LogP contribution is -2.40. The van der Waals surface area contributed by atoms with E-state index in [1.54, 1.807) is 37.3 Å². The summed E-state index contributed by atoms with van der Waals surface area (Å²) in [7, 11) is 0. The maximum atomic E-state index is 14.3. The summed E-state index contributed by atoms with van der Waals surface area (Å²) in [4.78, 5) is 11.4. The Morgan fingerprint density at radius 3 is 2.19 bits per heavy atom. The van der Waals surface area contributed by atoms with Crippen LogP contribution < -0.4 is 5.73 Å². The molecule has 3 aromatic carbocycles. The van der Waals surface area contributed by atoms with Gasteiger partial charge in [-0.15, -0.1) is 0 Å². The van der Waals surface area contributed by atoms with E-state index in [9.17, 15) is 22.4 Å². The number of carbonyl (C=O) groups excluding carboxylic acids is 1. The molecule has 0 aliphatic carbocycles. The van der Waals surface area contributed by atoms with E-state index in [4.69, 9.17) is 10.5 Å². The van der Waals surface area contributed by atoms with Gasteiger partial charge < -0.3 is 10.5 Å². The standard InChI is InChI=1S/C30H33F4NO2/c1-2-37-28(36)16-9-4-3-6-11-22-12-10-13-23(17-22)21-29(35,24-14-7-5-8-15-24)25-18-26(30(32,33)34)20-27(31)19-25/h5,7-8,10,12-15,17-20H,2-4,6,9,11,16,21,35H2,1H3. The van der Waals surface area contributed by atoms with Crippen molar-refractivity contribution in [2.24, 2.45) is 5.73 Å². The molecule has 3 aromatic rings. The maximum absolute atomic E-state index is 14.3. The van der Waals surface area contributed by atoms with Gasteiger partial charge in [0.15, 0.2) is 0 Å². The molecule has 0 amide bonds. The number of rotatable bonds is 12. The van der Waals surface area contributed by atoms with Crippen LogP contribution in [-0.4, -0.2) is 12.6 Å². The van der Waals surface area contributed by atoms with Crippen LogP contribution in [0.3, 0.4) is 0 Å². The average molecular weight is 516 g/mol. The molecule has 0 heterocycles. The van der Waals surface area contributed by atoms with Gasteiger partial charge in [0.05, 0.1) is 17.7 Å². The van der Waals surface area contributed by atoms with E-state index >= 15 is 0 Å². The van der Waals surface area contributed by atoms with Gasteiger partial charge in [-0.1, -0.05) is 67.4 Å². The Bertz CT molecular complexity index is 1160. The van der Waals surface area contributed by atoms with Crippen molar-refractivity contribution >= 4 is 5.97 Å². The Labute approximate surface area is 215 Å². The van der Waals surface area contributed by atoms with E-state index < -0.39 is 23.1 Å². The van der Waals surface area contributed by atoms with Gasteiger partial charge in [0, 0.05) is 6.42 Å². The first kappa shape index (κ1) is 28.4. The number of esters is 1. The zero-order valence-electron chi connectivity index (χ0n) is 21.0. The highest BCUT2D eigenvalue weighted by Crippen LogP contribution is 2.36. The van der Waals surface area contributed by atoms with Gasteiger partial charge >= 0.3 is 12.1 Å². The SMILES string of the molecule is CCOC(=O)CCCCCCc1cccc(CC(N)(c2ccccc2)c2cc(F)cc(C(F)(F)F)c2)c1. The van der Waals surface area contributed by atoms with Crippen LogP contribution in [0.1, 0.15) is 66.8 Å². The molecule has 7 heteroatoms. The van der Waals surface area contributed by atoms with E-state index in [-0.39, 0.29) is 18.0 Å². The van der Waals surface area contributed by atoms with E-state index in [0.29, 0.717) is 24.7 Å². The summed E-state index contributed by atoms with van der Waals surface area (Å²) in [6.45, 7) is 2.19. The molecule has 3 nitrogen and oxygen atoms in total. The quantitative estimate of drug-likeness (QED) is 0.156. The van der Waals surface area contributed by atoms with Crippen molar-refractivity contribution in [3.8, 4) is 0 Å². The fraction of sp³-hybridized carbons (Fsp3) is 0.367. The molecule has 1 atom stereocenters. The van der Waals surface area contributed by atoms with E-state index in [1.807, 2.05) is 24.3 Å².